The van der Waals surface area contributed by atoms with Crippen molar-refractivity contribution in [3.05, 3.63) is 28.8 Å². The highest BCUT2D eigenvalue weighted by atomic mass is 16.5. The second kappa shape index (κ2) is 5.85. The largest absolute Gasteiger partial charge is 0.486 e. The molecule has 0 bridgehead atoms. The van der Waals surface area contributed by atoms with E-state index in [0.717, 1.165) is 11.3 Å². The maximum Gasteiger partial charge on any atom is 0.170 e. The lowest BCUT2D eigenvalue weighted by molar-refractivity contribution is -0.121. The van der Waals surface area contributed by atoms with Gasteiger partial charge in [0, 0.05) is 6.42 Å². The summed E-state index contributed by atoms with van der Waals surface area (Å²) in [4.78, 5) is 11.6. The number of hydrogen-bond acceptors (Lipinski definition) is 2. The Morgan fingerprint density at radius 2 is 1.88 bits per heavy atom. The molecule has 0 heterocycles. The van der Waals surface area contributed by atoms with Gasteiger partial charge in [-0.1, -0.05) is 19.9 Å². The first kappa shape index (κ1) is 13.8. The first-order chi connectivity index (χ1) is 7.90. The van der Waals surface area contributed by atoms with Gasteiger partial charge in [0.2, 0.25) is 0 Å². The molecule has 0 spiro atoms. The van der Waals surface area contributed by atoms with Crippen LogP contribution in [0.4, 0.5) is 0 Å². The first-order valence-corrected chi connectivity index (χ1v) is 6.12. The molecular weight excluding hydrogens is 212 g/mol. The third-order valence-electron chi connectivity index (χ3n) is 2.79. The van der Waals surface area contributed by atoms with Crippen molar-refractivity contribution in [2.45, 2.75) is 41.0 Å². The number of hydrogen-bond donors (Lipinski definition) is 0. The summed E-state index contributed by atoms with van der Waals surface area (Å²) in [6.07, 6.45) is 0.587. The van der Waals surface area contributed by atoms with Gasteiger partial charge in [-0.25, -0.2) is 0 Å². The number of carbonyl (C=O) groups excluding carboxylic acids is 1. The lowest BCUT2D eigenvalue weighted by Gasteiger charge is -2.12. The van der Waals surface area contributed by atoms with E-state index in [1.807, 2.05) is 33.8 Å². The maximum absolute atomic E-state index is 11.6. The minimum Gasteiger partial charge on any atom is -0.486 e. The van der Waals surface area contributed by atoms with Crippen molar-refractivity contribution in [3.63, 3.8) is 0 Å². The molecule has 1 aromatic rings. The van der Waals surface area contributed by atoms with E-state index in [4.69, 9.17) is 4.74 Å². The van der Waals surface area contributed by atoms with Crippen LogP contribution in [0.25, 0.3) is 0 Å². The maximum atomic E-state index is 11.6. The summed E-state index contributed by atoms with van der Waals surface area (Å²) in [5.41, 5.74) is 3.49. The van der Waals surface area contributed by atoms with Gasteiger partial charge in [-0.15, -0.1) is 0 Å². The van der Waals surface area contributed by atoms with E-state index < -0.39 is 0 Å². The van der Waals surface area contributed by atoms with E-state index >= 15 is 0 Å². The molecule has 1 aromatic carbocycles. The van der Waals surface area contributed by atoms with Crippen molar-refractivity contribution in [1.29, 1.82) is 0 Å². The van der Waals surface area contributed by atoms with Crippen LogP contribution in [0.1, 0.15) is 37.0 Å². The van der Waals surface area contributed by atoms with Gasteiger partial charge in [0.15, 0.2) is 5.78 Å². The van der Waals surface area contributed by atoms with Crippen LogP contribution >= 0.6 is 0 Å². The van der Waals surface area contributed by atoms with Crippen molar-refractivity contribution in [3.8, 4) is 5.75 Å². The van der Waals surface area contributed by atoms with Crippen molar-refractivity contribution in [2.75, 3.05) is 6.61 Å². The van der Waals surface area contributed by atoms with Crippen molar-refractivity contribution in [2.24, 2.45) is 5.92 Å². The summed E-state index contributed by atoms with van der Waals surface area (Å²) in [6.45, 7) is 10.4. The molecule has 0 aliphatic rings. The molecule has 0 aliphatic carbocycles. The van der Waals surface area contributed by atoms with E-state index in [1.54, 1.807) is 0 Å². The zero-order chi connectivity index (χ0) is 13.0. The van der Waals surface area contributed by atoms with Crippen LogP contribution in [0.5, 0.6) is 5.75 Å². The monoisotopic (exact) mass is 234 g/mol. The molecule has 0 amide bonds. The van der Waals surface area contributed by atoms with Crippen LogP contribution in [0.2, 0.25) is 0 Å². The Balaban J connectivity index is 2.66. The molecule has 0 saturated carbocycles. The second-order valence-corrected chi connectivity index (χ2v) is 5.13. The molecule has 1 rings (SSSR count). The zero-order valence-corrected chi connectivity index (χ0v) is 11.5. The van der Waals surface area contributed by atoms with Gasteiger partial charge >= 0.3 is 0 Å². The summed E-state index contributed by atoms with van der Waals surface area (Å²) >= 11 is 0. The average Bonchev–Trinajstić information content (AvgIpc) is 2.20. The van der Waals surface area contributed by atoms with Crippen LogP contribution in [0, 0.1) is 26.7 Å². The fourth-order valence-electron chi connectivity index (χ4n) is 1.82. The van der Waals surface area contributed by atoms with E-state index in [0.29, 0.717) is 12.3 Å². The third kappa shape index (κ3) is 4.22. The normalized spacial score (nSPS) is 10.7. The van der Waals surface area contributed by atoms with E-state index in [-0.39, 0.29) is 12.4 Å². The molecule has 0 aliphatic heterocycles. The lowest BCUT2D eigenvalue weighted by atomic mass is 10.1. The van der Waals surface area contributed by atoms with Gasteiger partial charge in [0.1, 0.15) is 12.4 Å². The Kier molecular flexibility index (Phi) is 4.73. The predicted molar refractivity (Wildman–Crippen MR) is 70.6 cm³/mol. The molecule has 0 fully saturated rings. The van der Waals surface area contributed by atoms with Crippen LogP contribution < -0.4 is 4.74 Å². The van der Waals surface area contributed by atoms with Gasteiger partial charge in [-0.2, -0.15) is 0 Å². The molecule has 0 radical (unpaired) electrons. The predicted octanol–water partition coefficient (Wildman–Crippen LogP) is 3.61. The number of benzene rings is 1. The quantitative estimate of drug-likeness (QED) is 0.778. The fourth-order valence-corrected chi connectivity index (χ4v) is 1.82. The Morgan fingerprint density at radius 1 is 1.24 bits per heavy atom. The summed E-state index contributed by atoms with van der Waals surface area (Å²) in [7, 11) is 0. The summed E-state index contributed by atoms with van der Waals surface area (Å²) < 4.78 is 5.61. The highest BCUT2D eigenvalue weighted by molar-refractivity contribution is 5.80. The second-order valence-electron chi connectivity index (χ2n) is 5.13. The summed E-state index contributed by atoms with van der Waals surface area (Å²) in [6, 6.07) is 4.11. The number of rotatable bonds is 5. The minimum absolute atomic E-state index is 0.165. The average molecular weight is 234 g/mol. The molecule has 2 nitrogen and oxygen atoms in total. The minimum atomic E-state index is 0.165. The smallest absolute Gasteiger partial charge is 0.170 e. The van der Waals surface area contributed by atoms with Gasteiger partial charge in [-0.05, 0) is 49.4 Å². The Hall–Kier alpha value is -1.31. The van der Waals surface area contributed by atoms with Crippen LogP contribution in [0.3, 0.4) is 0 Å². The zero-order valence-electron chi connectivity index (χ0n) is 11.5. The molecule has 94 valence electrons. The molecule has 0 N–H and O–H groups in total. The Morgan fingerprint density at radius 3 is 2.47 bits per heavy atom. The number of aryl methyl sites for hydroxylation is 2. The van der Waals surface area contributed by atoms with Crippen LogP contribution in [-0.2, 0) is 4.79 Å². The van der Waals surface area contributed by atoms with Gasteiger partial charge in [0.25, 0.3) is 0 Å². The molecule has 17 heavy (non-hydrogen) atoms. The summed E-state index contributed by atoms with van der Waals surface area (Å²) in [5, 5.41) is 0. The van der Waals surface area contributed by atoms with Crippen molar-refractivity contribution in [1.82, 2.24) is 0 Å². The molecule has 0 aromatic heterocycles. The highest BCUT2D eigenvalue weighted by Crippen LogP contribution is 2.23. The van der Waals surface area contributed by atoms with E-state index in [2.05, 4.69) is 13.0 Å². The lowest BCUT2D eigenvalue weighted by Crippen LogP contribution is -2.14. The van der Waals surface area contributed by atoms with Gasteiger partial charge < -0.3 is 4.74 Å². The van der Waals surface area contributed by atoms with Gasteiger partial charge in [-0.3, -0.25) is 4.79 Å². The van der Waals surface area contributed by atoms with Crippen molar-refractivity contribution < 1.29 is 9.53 Å². The molecular formula is C15H22O2. The molecule has 0 unspecified atom stereocenters. The van der Waals surface area contributed by atoms with Crippen LogP contribution in [-0.4, -0.2) is 12.4 Å². The summed E-state index contributed by atoms with van der Waals surface area (Å²) in [5.74, 6) is 1.39. The Labute approximate surface area is 104 Å². The molecule has 0 atom stereocenters. The van der Waals surface area contributed by atoms with Gasteiger partial charge in [0.05, 0.1) is 0 Å². The van der Waals surface area contributed by atoms with Crippen LogP contribution in [0.15, 0.2) is 12.1 Å². The standard InChI is InChI=1S/C15H22O2/c1-10(2)6-14(16)9-17-15-8-11(3)7-12(4)13(15)5/h7-8,10H,6,9H2,1-5H3. The van der Waals surface area contributed by atoms with E-state index in [9.17, 15) is 4.79 Å². The highest BCUT2D eigenvalue weighted by Gasteiger charge is 2.08. The van der Waals surface area contributed by atoms with Crippen molar-refractivity contribution >= 4 is 5.78 Å². The Bertz CT molecular complexity index is 406. The SMILES string of the molecule is Cc1cc(C)c(C)c(OCC(=O)CC(C)C)c1. The number of Topliss-reactive ketones (excluding diaryl/α,β-unsaturated/α-hetero) is 1. The third-order valence-corrected chi connectivity index (χ3v) is 2.79. The number of carbonyl (C=O) groups is 1. The molecule has 2 heteroatoms. The first-order valence-electron chi connectivity index (χ1n) is 6.12. The number of ether oxygens (including phenoxy) is 1. The number of ketones is 1. The topological polar surface area (TPSA) is 26.3 Å². The fraction of sp³-hybridized carbons (Fsp3) is 0.533. The molecule has 0 saturated heterocycles. The van der Waals surface area contributed by atoms with E-state index in [1.165, 1.54) is 11.1 Å².